The fourth-order valence-corrected chi connectivity index (χ4v) is 4.27. The molecule has 0 unspecified atom stereocenters. The van der Waals surface area contributed by atoms with Gasteiger partial charge in [0.05, 0.1) is 12.2 Å². The maximum absolute atomic E-state index is 4.85. The summed E-state index contributed by atoms with van der Waals surface area (Å²) < 4.78 is 2.15. The highest BCUT2D eigenvalue weighted by Crippen LogP contribution is 2.22. The number of hydrogen-bond donors (Lipinski definition) is 2. The van der Waals surface area contributed by atoms with Crippen molar-refractivity contribution in [2.24, 2.45) is 0 Å². The minimum Gasteiger partial charge on any atom is -0.353 e. The molecule has 1 fully saturated rings. The summed E-state index contributed by atoms with van der Waals surface area (Å²) in [4.78, 5) is 25.0. The zero-order valence-corrected chi connectivity index (χ0v) is 18.9. The van der Waals surface area contributed by atoms with E-state index in [9.17, 15) is 0 Å². The third-order valence-electron chi connectivity index (χ3n) is 5.97. The van der Waals surface area contributed by atoms with E-state index in [4.69, 9.17) is 4.98 Å². The normalized spacial score (nSPS) is 15.1. The monoisotopic (exact) mass is 443 g/mol. The predicted molar refractivity (Wildman–Crippen MR) is 129 cm³/mol. The molecule has 5 heterocycles. The molecule has 0 bridgehead atoms. The lowest BCUT2D eigenvalue weighted by molar-refractivity contribution is 0.226. The standard InChI is InChI=1S/C24H29N9/c1-18-5-2-6-20(29-18)17-33-22-21(7-3-10-25-22)31-24(33)30-19-8-14-32(15-9-19)16-13-28-23-26-11-4-12-27-23/h2-7,10-12,19H,8-9,13-17H2,1H3,(H,30,31)(H,26,27,28). The molecule has 4 aromatic heterocycles. The van der Waals surface area contributed by atoms with Crippen LogP contribution in [0.25, 0.3) is 11.2 Å². The average Bonchev–Trinajstić information content (AvgIpc) is 3.18. The van der Waals surface area contributed by atoms with Crippen molar-refractivity contribution in [1.82, 2.24) is 34.4 Å². The van der Waals surface area contributed by atoms with E-state index in [0.29, 0.717) is 18.5 Å². The summed E-state index contributed by atoms with van der Waals surface area (Å²) in [6.45, 7) is 6.58. The molecule has 0 saturated carbocycles. The molecular weight excluding hydrogens is 414 g/mol. The van der Waals surface area contributed by atoms with Crippen molar-refractivity contribution in [1.29, 1.82) is 0 Å². The van der Waals surface area contributed by atoms with E-state index in [1.165, 1.54) is 0 Å². The van der Waals surface area contributed by atoms with Crippen LogP contribution in [0.2, 0.25) is 0 Å². The molecule has 9 heteroatoms. The second kappa shape index (κ2) is 9.91. The van der Waals surface area contributed by atoms with Crippen LogP contribution in [-0.2, 0) is 6.54 Å². The van der Waals surface area contributed by atoms with E-state index in [1.807, 2.05) is 43.5 Å². The van der Waals surface area contributed by atoms with E-state index in [-0.39, 0.29) is 0 Å². The highest BCUT2D eigenvalue weighted by molar-refractivity contribution is 5.74. The number of hydrogen-bond acceptors (Lipinski definition) is 8. The average molecular weight is 444 g/mol. The summed E-state index contributed by atoms with van der Waals surface area (Å²) in [5.41, 5.74) is 3.81. The van der Waals surface area contributed by atoms with Crippen LogP contribution in [0.3, 0.4) is 0 Å². The molecule has 1 saturated heterocycles. The van der Waals surface area contributed by atoms with E-state index in [2.05, 4.69) is 46.1 Å². The lowest BCUT2D eigenvalue weighted by Gasteiger charge is -2.32. The molecule has 0 spiro atoms. The minimum absolute atomic E-state index is 0.382. The number of rotatable bonds is 8. The van der Waals surface area contributed by atoms with Crippen molar-refractivity contribution in [3.63, 3.8) is 0 Å². The number of likely N-dealkylation sites (tertiary alicyclic amines) is 1. The van der Waals surface area contributed by atoms with Crippen molar-refractivity contribution in [3.05, 3.63) is 66.4 Å². The van der Waals surface area contributed by atoms with Gasteiger partial charge in [-0.1, -0.05) is 6.07 Å². The van der Waals surface area contributed by atoms with Gasteiger partial charge in [0.1, 0.15) is 5.52 Å². The van der Waals surface area contributed by atoms with Gasteiger partial charge in [-0.25, -0.2) is 19.9 Å². The van der Waals surface area contributed by atoms with E-state index in [1.54, 1.807) is 12.4 Å². The predicted octanol–water partition coefficient (Wildman–Crippen LogP) is 2.96. The van der Waals surface area contributed by atoms with Crippen molar-refractivity contribution < 1.29 is 0 Å². The van der Waals surface area contributed by atoms with Gasteiger partial charge in [0.25, 0.3) is 0 Å². The van der Waals surface area contributed by atoms with Crippen LogP contribution in [0.4, 0.5) is 11.9 Å². The number of pyridine rings is 2. The largest absolute Gasteiger partial charge is 0.353 e. The minimum atomic E-state index is 0.382. The van der Waals surface area contributed by atoms with Gasteiger partial charge < -0.3 is 15.5 Å². The summed E-state index contributed by atoms with van der Waals surface area (Å²) in [7, 11) is 0. The summed E-state index contributed by atoms with van der Waals surface area (Å²) in [5.74, 6) is 1.55. The second-order valence-electron chi connectivity index (χ2n) is 8.40. The summed E-state index contributed by atoms with van der Waals surface area (Å²) >= 11 is 0. The maximum Gasteiger partial charge on any atom is 0.222 e. The van der Waals surface area contributed by atoms with Gasteiger partial charge in [-0.15, -0.1) is 0 Å². The fraction of sp³-hybridized carbons (Fsp3) is 0.375. The Hall–Kier alpha value is -3.59. The van der Waals surface area contributed by atoms with Crippen LogP contribution < -0.4 is 10.6 Å². The van der Waals surface area contributed by atoms with Crippen molar-refractivity contribution in [2.45, 2.75) is 32.4 Å². The highest BCUT2D eigenvalue weighted by Gasteiger charge is 2.21. The van der Waals surface area contributed by atoms with Crippen LogP contribution in [0.15, 0.2) is 55.0 Å². The molecule has 0 atom stereocenters. The molecular formula is C24H29N9. The summed E-state index contributed by atoms with van der Waals surface area (Å²) in [6.07, 6.45) is 7.47. The van der Waals surface area contributed by atoms with Gasteiger partial charge in [0, 0.05) is 56.5 Å². The second-order valence-corrected chi connectivity index (χ2v) is 8.40. The first-order chi connectivity index (χ1) is 16.2. The van der Waals surface area contributed by atoms with Crippen molar-refractivity contribution in [3.8, 4) is 0 Å². The van der Waals surface area contributed by atoms with E-state index >= 15 is 0 Å². The molecule has 1 aliphatic rings. The van der Waals surface area contributed by atoms with Crippen LogP contribution in [0, 0.1) is 6.92 Å². The highest BCUT2D eigenvalue weighted by atomic mass is 15.3. The van der Waals surface area contributed by atoms with Crippen molar-refractivity contribution in [2.75, 3.05) is 36.8 Å². The third kappa shape index (κ3) is 5.25. The topological polar surface area (TPSA) is 96.7 Å². The quantitative estimate of drug-likeness (QED) is 0.429. The first-order valence-corrected chi connectivity index (χ1v) is 11.5. The van der Waals surface area contributed by atoms with Gasteiger partial charge >= 0.3 is 0 Å². The molecule has 5 rings (SSSR count). The number of aryl methyl sites for hydroxylation is 1. The lowest BCUT2D eigenvalue weighted by atomic mass is 10.1. The Morgan fingerprint density at radius 2 is 1.76 bits per heavy atom. The van der Waals surface area contributed by atoms with Crippen molar-refractivity contribution >= 4 is 23.1 Å². The molecule has 0 amide bonds. The maximum atomic E-state index is 4.85. The Kier molecular flexibility index (Phi) is 6.39. The lowest BCUT2D eigenvalue weighted by Crippen LogP contribution is -2.41. The SMILES string of the molecule is Cc1cccc(Cn2c(NC3CCN(CCNc4ncccn4)CC3)nc3cccnc32)n1. The number of nitrogens with one attached hydrogen (secondary N) is 2. The Balaban J connectivity index is 1.21. The Morgan fingerprint density at radius 1 is 0.939 bits per heavy atom. The summed E-state index contributed by atoms with van der Waals surface area (Å²) in [6, 6.07) is 12.3. The van der Waals surface area contributed by atoms with Crippen LogP contribution in [0.5, 0.6) is 0 Å². The molecule has 170 valence electrons. The number of anilines is 2. The molecule has 4 aromatic rings. The molecule has 2 N–H and O–H groups in total. The summed E-state index contributed by atoms with van der Waals surface area (Å²) in [5, 5.41) is 6.98. The van der Waals surface area contributed by atoms with E-state index < -0.39 is 0 Å². The molecule has 0 aromatic carbocycles. The zero-order valence-electron chi connectivity index (χ0n) is 18.9. The number of nitrogens with zero attached hydrogens (tertiary/aromatic N) is 7. The van der Waals surface area contributed by atoms with Gasteiger partial charge in [-0.05, 0) is 50.1 Å². The van der Waals surface area contributed by atoms with Gasteiger partial charge in [-0.3, -0.25) is 9.55 Å². The van der Waals surface area contributed by atoms with Gasteiger partial charge in [0.2, 0.25) is 11.9 Å². The number of aromatic nitrogens is 6. The molecule has 0 radical (unpaired) electrons. The van der Waals surface area contributed by atoms with Crippen LogP contribution in [-0.4, -0.2) is 66.6 Å². The van der Waals surface area contributed by atoms with Gasteiger partial charge in [-0.2, -0.15) is 0 Å². The van der Waals surface area contributed by atoms with Crippen LogP contribution in [0.1, 0.15) is 24.2 Å². The molecule has 0 aliphatic carbocycles. The third-order valence-corrected chi connectivity index (χ3v) is 5.97. The molecule has 1 aliphatic heterocycles. The molecule has 33 heavy (non-hydrogen) atoms. The fourth-order valence-electron chi connectivity index (χ4n) is 4.27. The Morgan fingerprint density at radius 3 is 2.58 bits per heavy atom. The van der Waals surface area contributed by atoms with E-state index in [0.717, 1.165) is 67.5 Å². The van der Waals surface area contributed by atoms with Crippen LogP contribution >= 0.6 is 0 Å². The molecule has 9 nitrogen and oxygen atoms in total. The number of piperidine rings is 1. The first kappa shape index (κ1) is 21.3. The smallest absolute Gasteiger partial charge is 0.222 e. The zero-order chi connectivity index (χ0) is 22.5. The number of imidazole rings is 1. The number of fused-ring (bicyclic) bond motifs is 1. The Bertz CT molecular complexity index is 1180. The Labute approximate surface area is 193 Å². The van der Waals surface area contributed by atoms with Gasteiger partial charge in [0.15, 0.2) is 5.65 Å². The first-order valence-electron chi connectivity index (χ1n) is 11.5.